The summed E-state index contributed by atoms with van der Waals surface area (Å²) in [5.74, 6) is 0.326. The van der Waals surface area contributed by atoms with Gasteiger partial charge in [0.2, 0.25) is 11.8 Å². The molecule has 3 N–H and O–H groups in total. The van der Waals surface area contributed by atoms with Crippen LogP contribution in [-0.2, 0) is 17.3 Å². The van der Waals surface area contributed by atoms with Gasteiger partial charge in [-0.3, -0.25) is 4.98 Å². The predicted octanol–water partition coefficient (Wildman–Crippen LogP) is 1.69. The molecule has 2 aromatic heterocycles. The van der Waals surface area contributed by atoms with Gasteiger partial charge in [0, 0.05) is 5.56 Å². The highest BCUT2D eigenvalue weighted by Gasteiger charge is 2.40. The number of benzene rings is 1. The molecule has 1 fully saturated rings. The van der Waals surface area contributed by atoms with Crippen molar-refractivity contribution in [3.8, 4) is 11.5 Å². The number of halogens is 3. The largest absolute Gasteiger partial charge is 0.434 e. The van der Waals surface area contributed by atoms with Crippen LogP contribution in [0, 0.1) is 0 Å². The van der Waals surface area contributed by atoms with E-state index in [9.17, 15) is 23.4 Å². The fourth-order valence-corrected chi connectivity index (χ4v) is 3.16. The van der Waals surface area contributed by atoms with Crippen LogP contribution in [0.4, 0.5) is 19.0 Å². The molecule has 1 aliphatic rings. The molecule has 9 nitrogen and oxygen atoms in total. The van der Waals surface area contributed by atoms with Gasteiger partial charge in [0.15, 0.2) is 5.69 Å². The van der Waals surface area contributed by atoms with Crippen LogP contribution in [0.1, 0.15) is 11.6 Å². The van der Waals surface area contributed by atoms with E-state index in [1.807, 2.05) is 18.2 Å². The molecule has 0 bridgehead atoms. The summed E-state index contributed by atoms with van der Waals surface area (Å²) >= 11 is 0. The van der Waals surface area contributed by atoms with E-state index in [4.69, 9.17) is 9.15 Å². The third kappa shape index (κ3) is 4.81. The number of aliphatic hydroxyl groups excluding tert-OH is 2. The second-order valence-corrected chi connectivity index (χ2v) is 6.96. The third-order valence-electron chi connectivity index (χ3n) is 4.75. The van der Waals surface area contributed by atoms with Gasteiger partial charge in [-0.2, -0.15) is 13.2 Å². The third-order valence-corrected chi connectivity index (χ3v) is 4.75. The van der Waals surface area contributed by atoms with Gasteiger partial charge in [-0.05, 0) is 12.1 Å². The van der Waals surface area contributed by atoms with Gasteiger partial charge < -0.3 is 24.7 Å². The topological polar surface area (TPSA) is 126 Å². The first-order valence-electron chi connectivity index (χ1n) is 9.32. The van der Waals surface area contributed by atoms with Crippen LogP contribution in [-0.4, -0.2) is 61.3 Å². The quantitative estimate of drug-likeness (QED) is 0.547. The second-order valence-electron chi connectivity index (χ2n) is 6.96. The zero-order valence-electron chi connectivity index (χ0n) is 15.9. The van der Waals surface area contributed by atoms with Gasteiger partial charge in [-0.15, -0.1) is 10.2 Å². The van der Waals surface area contributed by atoms with E-state index in [0.717, 1.165) is 11.8 Å². The number of alkyl halides is 3. The fraction of sp³-hybridized carbons (Fsp3) is 0.368. The molecule has 0 aliphatic carbocycles. The van der Waals surface area contributed by atoms with Crippen molar-refractivity contribution in [2.45, 2.75) is 37.0 Å². The van der Waals surface area contributed by atoms with Crippen LogP contribution >= 0.6 is 0 Å². The molecule has 4 rings (SSSR count). The molecule has 4 atom stereocenters. The molecular formula is C19H18F3N5O4. The van der Waals surface area contributed by atoms with Crippen LogP contribution in [0.5, 0.6) is 0 Å². The smallest absolute Gasteiger partial charge is 0.421 e. The van der Waals surface area contributed by atoms with Gasteiger partial charge in [-0.25, -0.2) is 4.98 Å². The Labute approximate surface area is 173 Å². The van der Waals surface area contributed by atoms with Crippen molar-refractivity contribution in [2.75, 3.05) is 11.9 Å². The summed E-state index contributed by atoms with van der Waals surface area (Å²) in [6, 6.07) is 8.22. The summed E-state index contributed by atoms with van der Waals surface area (Å²) in [7, 11) is 0. The molecule has 0 radical (unpaired) electrons. The standard InChI is InChI=1S/C19H18F3N5O4/c20-19(21,22)13-7-23-8-14(25-13)24-11-9-30-12(17(29)16(11)28)6-15-26-27-18(31-15)10-4-2-1-3-5-10/h1-5,7-8,11-12,16-17,28-29H,6,9H2,(H,24,25)/t11-,12+,16+,17-/m0/s1. The average molecular weight is 437 g/mol. The Morgan fingerprint density at radius 3 is 2.58 bits per heavy atom. The van der Waals surface area contributed by atoms with Crippen molar-refractivity contribution >= 4 is 5.82 Å². The maximum atomic E-state index is 12.8. The summed E-state index contributed by atoms with van der Waals surface area (Å²) in [6.07, 6.45) is -6.45. The number of hydrogen-bond acceptors (Lipinski definition) is 9. The van der Waals surface area contributed by atoms with E-state index in [2.05, 4.69) is 25.5 Å². The lowest BCUT2D eigenvalue weighted by atomic mass is 9.96. The van der Waals surface area contributed by atoms with Gasteiger partial charge in [0.25, 0.3) is 0 Å². The molecule has 1 aromatic carbocycles. The number of ether oxygens (including phenoxy) is 1. The number of aliphatic hydroxyl groups is 2. The molecule has 164 valence electrons. The molecule has 1 aliphatic heterocycles. The first-order chi connectivity index (χ1) is 14.8. The molecule has 31 heavy (non-hydrogen) atoms. The number of nitrogens with zero attached hydrogens (tertiary/aromatic N) is 4. The van der Waals surface area contributed by atoms with Crippen molar-refractivity contribution in [1.29, 1.82) is 0 Å². The first kappa shape index (κ1) is 21.2. The summed E-state index contributed by atoms with van der Waals surface area (Å²) in [4.78, 5) is 6.94. The molecule has 1 saturated heterocycles. The van der Waals surface area contributed by atoms with E-state index in [-0.39, 0.29) is 24.7 Å². The van der Waals surface area contributed by atoms with Crippen LogP contribution in [0.25, 0.3) is 11.5 Å². The normalized spacial score (nSPS) is 24.2. The zero-order chi connectivity index (χ0) is 22.0. The van der Waals surface area contributed by atoms with Crippen molar-refractivity contribution in [3.05, 3.63) is 54.3 Å². The summed E-state index contributed by atoms with van der Waals surface area (Å²) < 4.78 is 49.5. The van der Waals surface area contributed by atoms with E-state index >= 15 is 0 Å². The van der Waals surface area contributed by atoms with Crippen LogP contribution in [0.15, 0.2) is 47.1 Å². The van der Waals surface area contributed by atoms with E-state index < -0.39 is 36.2 Å². The van der Waals surface area contributed by atoms with Gasteiger partial charge in [-0.1, -0.05) is 18.2 Å². The van der Waals surface area contributed by atoms with E-state index in [1.54, 1.807) is 12.1 Å². The highest BCUT2D eigenvalue weighted by Crippen LogP contribution is 2.28. The minimum Gasteiger partial charge on any atom is -0.421 e. The number of aromatic nitrogens is 4. The first-order valence-corrected chi connectivity index (χ1v) is 9.32. The van der Waals surface area contributed by atoms with Crippen molar-refractivity contribution in [3.63, 3.8) is 0 Å². The van der Waals surface area contributed by atoms with Gasteiger partial charge in [0.1, 0.15) is 18.0 Å². The predicted molar refractivity (Wildman–Crippen MR) is 99.6 cm³/mol. The summed E-state index contributed by atoms with van der Waals surface area (Å²) in [5, 5.41) is 31.4. The lowest BCUT2D eigenvalue weighted by molar-refractivity contribution is -0.142. The zero-order valence-corrected chi connectivity index (χ0v) is 15.9. The maximum Gasteiger partial charge on any atom is 0.434 e. The maximum absolute atomic E-state index is 12.8. The van der Waals surface area contributed by atoms with E-state index in [1.165, 1.54) is 0 Å². The molecule has 3 heterocycles. The van der Waals surface area contributed by atoms with Crippen LogP contribution < -0.4 is 5.32 Å². The van der Waals surface area contributed by atoms with Crippen molar-refractivity contribution < 1.29 is 32.5 Å². The molecule has 0 saturated carbocycles. The molecule has 0 unspecified atom stereocenters. The van der Waals surface area contributed by atoms with Gasteiger partial charge in [0.05, 0.1) is 37.6 Å². The molecule has 3 aromatic rings. The fourth-order valence-electron chi connectivity index (χ4n) is 3.16. The number of rotatable bonds is 5. The number of hydrogen-bond donors (Lipinski definition) is 3. The number of nitrogens with one attached hydrogen (secondary N) is 1. The average Bonchev–Trinajstić information content (AvgIpc) is 3.22. The highest BCUT2D eigenvalue weighted by molar-refractivity contribution is 5.51. The lowest BCUT2D eigenvalue weighted by Crippen LogP contribution is -2.56. The summed E-state index contributed by atoms with van der Waals surface area (Å²) in [5.41, 5.74) is -0.439. The molecule has 12 heteroatoms. The Bertz CT molecular complexity index is 1020. The Kier molecular flexibility index (Phi) is 5.85. The molecule has 0 amide bonds. The van der Waals surface area contributed by atoms with E-state index in [0.29, 0.717) is 12.1 Å². The van der Waals surface area contributed by atoms with Crippen molar-refractivity contribution in [2.24, 2.45) is 0 Å². The van der Waals surface area contributed by atoms with Crippen LogP contribution in [0.2, 0.25) is 0 Å². The second kappa shape index (κ2) is 8.57. The van der Waals surface area contributed by atoms with Crippen LogP contribution in [0.3, 0.4) is 0 Å². The monoisotopic (exact) mass is 437 g/mol. The Balaban J connectivity index is 1.39. The Morgan fingerprint density at radius 2 is 1.84 bits per heavy atom. The Hall–Kier alpha value is -3.09. The summed E-state index contributed by atoms with van der Waals surface area (Å²) in [6.45, 7) is -0.0967. The minimum atomic E-state index is -4.65. The SMILES string of the molecule is O[C@@H]1[C@H](O)[C@@H](Nc2cncc(C(F)(F)F)n2)CO[C@@H]1Cc1nnc(-c2ccccc2)o1. The molecular weight excluding hydrogens is 419 g/mol. The Morgan fingerprint density at radius 1 is 1.06 bits per heavy atom. The van der Waals surface area contributed by atoms with Crippen molar-refractivity contribution in [1.82, 2.24) is 20.2 Å². The molecule has 0 spiro atoms. The van der Waals surface area contributed by atoms with Gasteiger partial charge >= 0.3 is 6.18 Å². The highest BCUT2D eigenvalue weighted by atomic mass is 19.4. The lowest BCUT2D eigenvalue weighted by Gasteiger charge is -2.37. The minimum absolute atomic E-state index is 0.0497. The number of anilines is 1.